The number of hydrogen-bond donors (Lipinski definition) is 1. The van der Waals surface area contributed by atoms with Crippen LogP contribution in [-0.4, -0.2) is 60.0 Å². The minimum atomic E-state index is -0.684. The summed E-state index contributed by atoms with van der Waals surface area (Å²) < 4.78 is 0. The van der Waals surface area contributed by atoms with Gasteiger partial charge in [0.1, 0.15) is 5.00 Å². The van der Waals surface area contributed by atoms with Crippen molar-refractivity contribution in [1.29, 1.82) is 0 Å². The molecule has 1 heterocycles. The van der Waals surface area contributed by atoms with Crippen molar-refractivity contribution in [3.8, 4) is 0 Å². The van der Waals surface area contributed by atoms with Crippen LogP contribution < -0.4 is 5.32 Å². The van der Waals surface area contributed by atoms with Gasteiger partial charge in [-0.2, -0.15) is 0 Å². The molecule has 0 saturated carbocycles. The highest BCUT2D eigenvalue weighted by Gasteiger charge is 2.38. The Morgan fingerprint density at radius 1 is 1.38 bits per heavy atom. The predicted molar refractivity (Wildman–Crippen MR) is 87.4 cm³/mol. The van der Waals surface area contributed by atoms with E-state index in [-0.39, 0.29) is 11.9 Å². The van der Waals surface area contributed by atoms with E-state index in [1.165, 1.54) is 39.3 Å². The lowest BCUT2D eigenvalue weighted by molar-refractivity contribution is -0.119. The first kappa shape index (κ1) is 16.5. The first-order valence-corrected chi connectivity index (χ1v) is 8.16. The number of carbonyl (C=O) groups is 1. The molecule has 1 amide bonds. The summed E-state index contributed by atoms with van der Waals surface area (Å²) >= 11 is 6.81. The summed E-state index contributed by atoms with van der Waals surface area (Å²) in [5.41, 5.74) is 0. The maximum absolute atomic E-state index is 11.4. The van der Waals surface area contributed by atoms with E-state index in [9.17, 15) is 4.79 Å². The molecule has 118 valence electrons. The SMILES string of the molecule is CC(=O)NC1C=CC=CC1(Cl)N(C)CCN1CCCCC1. The van der Waals surface area contributed by atoms with Gasteiger partial charge < -0.3 is 10.2 Å². The summed E-state index contributed by atoms with van der Waals surface area (Å²) in [7, 11) is 2.02. The summed E-state index contributed by atoms with van der Waals surface area (Å²) in [5, 5.41) is 2.93. The van der Waals surface area contributed by atoms with Gasteiger partial charge in [0.15, 0.2) is 0 Å². The van der Waals surface area contributed by atoms with E-state index in [0.29, 0.717) is 0 Å². The van der Waals surface area contributed by atoms with E-state index in [4.69, 9.17) is 11.6 Å². The first-order valence-electron chi connectivity index (χ1n) is 7.78. The van der Waals surface area contributed by atoms with Crippen molar-refractivity contribution in [2.75, 3.05) is 33.2 Å². The van der Waals surface area contributed by atoms with Crippen molar-refractivity contribution in [2.45, 2.75) is 37.2 Å². The highest BCUT2D eigenvalue weighted by Crippen LogP contribution is 2.29. The molecular formula is C16H26ClN3O. The van der Waals surface area contributed by atoms with Gasteiger partial charge in [0, 0.05) is 20.0 Å². The Labute approximate surface area is 132 Å². The van der Waals surface area contributed by atoms with Crippen LogP contribution >= 0.6 is 11.6 Å². The molecular weight excluding hydrogens is 286 g/mol. The third-order valence-electron chi connectivity index (χ3n) is 4.32. The van der Waals surface area contributed by atoms with Crippen molar-refractivity contribution in [3.63, 3.8) is 0 Å². The van der Waals surface area contributed by atoms with Crippen LogP contribution in [0.1, 0.15) is 26.2 Å². The molecule has 0 bridgehead atoms. The molecule has 2 rings (SSSR count). The number of allylic oxidation sites excluding steroid dienone is 2. The molecule has 2 unspecified atom stereocenters. The standard InChI is InChI=1S/C16H26ClN3O/c1-14(21)18-15-8-4-5-9-16(15,17)19(2)12-13-20-10-6-3-7-11-20/h4-5,8-9,15H,3,6-7,10-13H2,1-2H3,(H,18,21). The number of nitrogens with one attached hydrogen (secondary N) is 1. The third-order valence-corrected chi connectivity index (χ3v) is 4.97. The van der Waals surface area contributed by atoms with Crippen molar-refractivity contribution in [3.05, 3.63) is 24.3 Å². The van der Waals surface area contributed by atoms with Gasteiger partial charge in [0.2, 0.25) is 5.91 Å². The Hall–Kier alpha value is -0.840. The quantitative estimate of drug-likeness (QED) is 0.623. The molecule has 2 aliphatic rings. The van der Waals surface area contributed by atoms with Gasteiger partial charge in [-0.25, -0.2) is 0 Å². The summed E-state index contributed by atoms with van der Waals surface area (Å²) in [6.07, 6.45) is 11.7. The Balaban J connectivity index is 1.94. The van der Waals surface area contributed by atoms with E-state index >= 15 is 0 Å². The molecule has 2 atom stereocenters. The number of alkyl halides is 1. The van der Waals surface area contributed by atoms with Crippen molar-refractivity contribution in [1.82, 2.24) is 15.1 Å². The number of likely N-dealkylation sites (N-methyl/N-ethyl adjacent to an activating group) is 1. The topological polar surface area (TPSA) is 35.6 Å². The van der Waals surface area contributed by atoms with Gasteiger partial charge in [-0.05, 0) is 39.1 Å². The van der Waals surface area contributed by atoms with Crippen molar-refractivity contribution < 1.29 is 4.79 Å². The number of rotatable bonds is 5. The zero-order valence-corrected chi connectivity index (χ0v) is 13.8. The minimum absolute atomic E-state index is 0.0607. The predicted octanol–water partition coefficient (Wildman–Crippen LogP) is 1.97. The normalized spacial score (nSPS) is 29.8. The number of carbonyl (C=O) groups excluding carboxylic acids is 1. The Bertz CT molecular complexity index is 418. The van der Waals surface area contributed by atoms with Gasteiger partial charge in [-0.3, -0.25) is 9.69 Å². The van der Waals surface area contributed by atoms with Crippen LogP contribution in [0.2, 0.25) is 0 Å². The van der Waals surface area contributed by atoms with E-state index in [2.05, 4.69) is 15.1 Å². The highest BCUT2D eigenvalue weighted by molar-refractivity contribution is 6.26. The summed E-state index contributed by atoms with van der Waals surface area (Å²) in [4.78, 5) is 15.3. The average molecular weight is 312 g/mol. The maximum atomic E-state index is 11.4. The van der Waals surface area contributed by atoms with Gasteiger partial charge >= 0.3 is 0 Å². The second-order valence-electron chi connectivity index (χ2n) is 5.97. The minimum Gasteiger partial charge on any atom is -0.347 e. The zero-order valence-electron chi connectivity index (χ0n) is 13.0. The van der Waals surface area contributed by atoms with E-state index in [1.807, 2.05) is 31.4 Å². The maximum Gasteiger partial charge on any atom is 0.217 e. The second-order valence-corrected chi connectivity index (χ2v) is 6.58. The van der Waals surface area contributed by atoms with E-state index in [0.717, 1.165) is 13.1 Å². The van der Waals surface area contributed by atoms with Gasteiger partial charge in [0.05, 0.1) is 6.04 Å². The molecule has 0 aromatic heterocycles. The van der Waals surface area contributed by atoms with Crippen LogP contribution in [0, 0.1) is 0 Å². The van der Waals surface area contributed by atoms with Crippen LogP contribution in [0.3, 0.4) is 0 Å². The fourth-order valence-electron chi connectivity index (χ4n) is 2.98. The number of likely N-dealkylation sites (tertiary alicyclic amines) is 1. The fraction of sp³-hybridized carbons (Fsp3) is 0.688. The van der Waals surface area contributed by atoms with Crippen LogP contribution in [0.25, 0.3) is 0 Å². The number of nitrogens with zero attached hydrogens (tertiary/aromatic N) is 2. The zero-order chi connectivity index (χ0) is 15.3. The molecule has 4 nitrogen and oxygen atoms in total. The highest BCUT2D eigenvalue weighted by atomic mass is 35.5. The largest absolute Gasteiger partial charge is 0.347 e. The second kappa shape index (κ2) is 7.43. The monoisotopic (exact) mass is 311 g/mol. The molecule has 1 saturated heterocycles. The summed E-state index contributed by atoms with van der Waals surface area (Å²) in [6.45, 7) is 5.81. The average Bonchev–Trinajstić information content (AvgIpc) is 2.48. The lowest BCUT2D eigenvalue weighted by Gasteiger charge is -2.41. The van der Waals surface area contributed by atoms with Crippen LogP contribution in [-0.2, 0) is 4.79 Å². The fourth-order valence-corrected chi connectivity index (χ4v) is 3.27. The number of hydrogen-bond acceptors (Lipinski definition) is 3. The molecule has 1 aliphatic heterocycles. The lowest BCUT2D eigenvalue weighted by Crippen LogP contribution is -2.57. The van der Waals surface area contributed by atoms with Gasteiger partial charge in [-0.15, -0.1) is 0 Å². The number of piperidine rings is 1. The molecule has 0 spiro atoms. The molecule has 1 N–H and O–H groups in total. The van der Waals surface area contributed by atoms with E-state index < -0.39 is 5.00 Å². The molecule has 1 fully saturated rings. The molecule has 5 heteroatoms. The Morgan fingerprint density at radius 3 is 2.76 bits per heavy atom. The number of amides is 1. The van der Waals surface area contributed by atoms with E-state index in [1.54, 1.807) is 0 Å². The molecule has 1 aliphatic carbocycles. The molecule has 21 heavy (non-hydrogen) atoms. The summed E-state index contributed by atoms with van der Waals surface area (Å²) in [5.74, 6) is -0.0607. The molecule has 0 aromatic rings. The Kier molecular flexibility index (Phi) is 5.85. The van der Waals surface area contributed by atoms with Crippen LogP contribution in [0.4, 0.5) is 0 Å². The Morgan fingerprint density at radius 2 is 2.10 bits per heavy atom. The van der Waals surface area contributed by atoms with Crippen LogP contribution in [0.15, 0.2) is 24.3 Å². The molecule has 0 aromatic carbocycles. The van der Waals surface area contributed by atoms with Crippen molar-refractivity contribution in [2.24, 2.45) is 0 Å². The van der Waals surface area contributed by atoms with Crippen LogP contribution in [0.5, 0.6) is 0 Å². The van der Waals surface area contributed by atoms with Crippen molar-refractivity contribution >= 4 is 17.5 Å². The van der Waals surface area contributed by atoms with Gasteiger partial charge in [0.25, 0.3) is 0 Å². The first-order chi connectivity index (χ1) is 10.0. The third kappa shape index (κ3) is 4.31. The summed E-state index contributed by atoms with van der Waals surface area (Å²) in [6, 6.07) is -0.201. The smallest absolute Gasteiger partial charge is 0.217 e. The lowest BCUT2D eigenvalue weighted by atomic mass is 10.0. The van der Waals surface area contributed by atoms with Gasteiger partial charge in [-0.1, -0.05) is 36.2 Å². The number of halogens is 1. The molecule has 0 radical (unpaired) electrons.